The highest BCUT2D eigenvalue weighted by molar-refractivity contribution is 6.27. The predicted octanol–water partition coefficient (Wildman–Crippen LogP) is 0.533. The zero-order valence-corrected chi connectivity index (χ0v) is 7.38. The maximum atomic E-state index is 10.9. The van der Waals surface area contributed by atoms with E-state index in [1.165, 1.54) is 0 Å². The van der Waals surface area contributed by atoms with Gasteiger partial charge in [0.25, 0.3) is 0 Å². The molecule has 0 spiro atoms. The molecule has 0 aromatic rings. The van der Waals surface area contributed by atoms with E-state index in [4.69, 9.17) is 0 Å². The first-order valence-corrected chi connectivity index (χ1v) is 4.50. The van der Waals surface area contributed by atoms with E-state index in [1.807, 2.05) is 0 Å². The molecule has 1 N–H and O–H groups in total. The Labute approximate surface area is 72.5 Å². The fourth-order valence-corrected chi connectivity index (χ4v) is 1.59. The van der Waals surface area contributed by atoms with E-state index in [0.717, 1.165) is 25.8 Å². The molecule has 1 heterocycles. The monoisotopic (exact) mass is 169 g/mol. The van der Waals surface area contributed by atoms with Crippen molar-refractivity contribution in [3.63, 3.8) is 0 Å². The number of carbonyl (C=O) groups excluding carboxylic acids is 2. The van der Waals surface area contributed by atoms with Gasteiger partial charge in [0.15, 0.2) is 6.29 Å². The molecule has 1 saturated heterocycles. The fourth-order valence-electron chi connectivity index (χ4n) is 1.59. The zero-order chi connectivity index (χ0) is 8.97. The Hall–Kier alpha value is -0.700. The first kappa shape index (κ1) is 9.39. The summed E-state index contributed by atoms with van der Waals surface area (Å²) in [5, 5.41) is 3.09. The maximum absolute atomic E-state index is 10.9. The number of ketones is 1. The summed E-state index contributed by atoms with van der Waals surface area (Å²) in [5.41, 5.74) is 0. The summed E-state index contributed by atoms with van der Waals surface area (Å²) < 4.78 is 0. The minimum atomic E-state index is -0.301. The number of rotatable bonds is 3. The molecule has 0 aromatic heterocycles. The van der Waals surface area contributed by atoms with Gasteiger partial charge < -0.3 is 5.32 Å². The molecule has 3 heteroatoms. The standard InChI is InChI=1S/C9H15NO2/c1-2-7-3-4-8(10-5-7)9(12)6-11/h6-8,10H,2-5H2,1H3. The molecule has 68 valence electrons. The van der Waals surface area contributed by atoms with Gasteiger partial charge in [0.2, 0.25) is 5.78 Å². The highest BCUT2D eigenvalue weighted by atomic mass is 16.2. The second-order valence-electron chi connectivity index (χ2n) is 3.33. The van der Waals surface area contributed by atoms with E-state index in [9.17, 15) is 9.59 Å². The van der Waals surface area contributed by atoms with Crippen LogP contribution in [-0.4, -0.2) is 24.7 Å². The lowest BCUT2D eigenvalue weighted by Crippen LogP contribution is -2.44. The first-order valence-electron chi connectivity index (χ1n) is 4.50. The molecule has 12 heavy (non-hydrogen) atoms. The first-order chi connectivity index (χ1) is 5.77. The third-order valence-corrected chi connectivity index (χ3v) is 2.55. The Morgan fingerprint density at radius 1 is 1.58 bits per heavy atom. The lowest BCUT2D eigenvalue weighted by Gasteiger charge is -2.26. The molecule has 2 atom stereocenters. The second kappa shape index (κ2) is 4.36. The topological polar surface area (TPSA) is 46.2 Å². The van der Waals surface area contributed by atoms with Crippen LogP contribution >= 0.6 is 0 Å². The van der Waals surface area contributed by atoms with Crippen LogP contribution in [0.25, 0.3) is 0 Å². The minimum Gasteiger partial charge on any atom is -0.307 e. The summed E-state index contributed by atoms with van der Waals surface area (Å²) in [7, 11) is 0. The Morgan fingerprint density at radius 3 is 2.75 bits per heavy atom. The molecule has 3 nitrogen and oxygen atoms in total. The summed E-state index contributed by atoms with van der Waals surface area (Å²) in [5.74, 6) is 0.380. The third-order valence-electron chi connectivity index (χ3n) is 2.55. The number of nitrogens with one attached hydrogen (secondary N) is 1. The van der Waals surface area contributed by atoms with Crippen molar-refractivity contribution in [2.45, 2.75) is 32.2 Å². The van der Waals surface area contributed by atoms with E-state index in [1.54, 1.807) is 0 Å². The van der Waals surface area contributed by atoms with Crippen molar-refractivity contribution < 1.29 is 9.59 Å². The molecule has 0 aromatic carbocycles. The molecule has 1 aliphatic rings. The number of aldehydes is 1. The van der Waals surface area contributed by atoms with Gasteiger partial charge in [0.05, 0.1) is 6.04 Å². The Morgan fingerprint density at radius 2 is 2.33 bits per heavy atom. The lowest BCUT2D eigenvalue weighted by molar-refractivity contribution is -0.131. The number of piperidine rings is 1. The quantitative estimate of drug-likeness (QED) is 0.495. The fraction of sp³-hybridized carbons (Fsp3) is 0.778. The van der Waals surface area contributed by atoms with Crippen LogP contribution in [0.4, 0.5) is 0 Å². The number of Topliss-reactive ketones (excluding diaryl/α,β-unsaturated/α-hetero) is 1. The van der Waals surface area contributed by atoms with Crippen LogP contribution in [0.3, 0.4) is 0 Å². The van der Waals surface area contributed by atoms with Gasteiger partial charge >= 0.3 is 0 Å². The number of carbonyl (C=O) groups is 2. The van der Waals surface area contributed by atoms with Crippen LogP contribution in [-0.2, 0) is 9.59 Å². The van der Waals surface area contributed by atoms with Crippen LogP contribution in [0.5, 0.6) is 0 Å². The lowest BCUT2D eigenvalue weighted by atomic mass is 9.91. The van der Waals surface area contributed by atoms with Crippen molar-refractivity contribution in [3.8, 4) is 0 Å². The van der Waals surface area contributed by atoms with Crippen molar-refractivity contribution >= 4 is 12.1 Å². The Kier molecular flexibility index (Phi) is 3.41. The van der Waals surface area contributed by atoms with E-state index in [2.05, 4.69) is 12.2 Å². The van der Waals surface area contributed by atoms with Crippen molar-refractivity contribution in [3.05, 3.63) is 0 Å². The van der Waals surface area contributed by atoms with E-state index >= 15 is 0 Å². The Bertz CT molecular complexity index is 171. The smallest absolute Gasteiger partial charge is 0.211 e. The van der Waals surface area contributed by atoms with Crippen LogP contribution in [0.15, 0.2) is 0 Å². The van der Waals surface area contributed by atoms with Crippen LogP contribution in [0.1, 0.15) is 26.2 Å². The molecule has 0 saturated carbocycles. The summed E-state index contributed by atoms with van der Waals surface area (Å²) in [6.45, 7) is 3.02. The average molecular weight is 169 g/mol. The van der Waals surface area contributed by atoms with Crippen molar-refractivity contribution in [2.24, 2.45) is 5.92 Å². The largest absolute Gasteiger partial charge is 0.307 e. The van der Waals surface area contributed by atoms with Gasteiger partial charge in [0.1, 0.15) is 0 Å². The number of hydrogen-bond donors (Lipinski definition) is 1. The van der Waals surface area contributed by atoms with Crippen molar-refractivity contribution in [2.75, 3.05) is 6.54 Å². The molecular weight excluding hydrogens is 154 g/mol. The minimum absolute atomic E-state index is 0.203. The van der Waals surface area contributed by atoms with Gasteiger partial charge in [-0.3, -0.25) is 9.59 Å². The molecule has 0 radical (unpaired) electrons. The zero-order valence-electron chi connectivity index (χ0n) is 7.38. The molecule has 1 rings (SSSR count). The van der Waals surface area contributed by atoms with Gasteiger partial charge in [-0.05, 0) is 25.3 Å². The predicted molar refractivity (Wildman–Crippen MR) is 45.9 cm³/mol. The van der Waals surface area contributed by atoms with E-state index in [-0.39, 0.29) is 11.8 Å². The molecule has 0 amide bonds. The molecule has 0 bridgehead atoms. The summed E-state index contributed by atoms with van der Waals surface area (Å²) in [6.07, 6.45) is 3.45. The van der Waals surface area contributed by atoms with E-state index < -0.39 is 0 Å². The molecule has 1 fully saturated rings. The third kappa shape index (κ3) is 2.14. The van der Waals surface area contributed by atoms with Gasteiger partial charge in [-0.15, -0.1) is 0 Å². The van der Waals surface area contributed by atoms with Gasteiger partial charge in [-0.1, -0.05) is 13.3 Å². The normalized spacial score (nSPS) is 29.8. The molecule has 0 aliphatic carbocycles. The summed E-state index contributed by atoms with van der Waals surface area (Å²) >= 11 is 0. The number of hydrogen-bond acceptors (Lipinski definition) is 3. The van der Waals surface area contributed by atoms with Gasteiger partial charge in [-0.25, -0.2) is 0 Å². The Balaban J connectivity index is 2.35. The van der Waals surface area contributed by atoms with Gasteiger partial charge in [-0.2, -0.15) is 0 Å². The van der Waals surface area contributed by atoms with Crippen molar-refractivity contribution in [1.29, 1.82) is 0 Å². The molecule has 1 aliphatic heterocycles. The van der Waals surface area contributed by atoms with E-state index in [0.29, 0.717) is 12.2 Å². The molecular formula is C9H15NO2. The van der Waals surface area contributed by atoms with Crippen LogP contribution in [0.2, 0.25) is 0 Å². The highest BCUT2D eigenvalue weighted by Crippen LogP contribution is 2.16. The maximum Gasteiger partial charge on any atom is 0.211 e. The molecule has 2 unspecified atom stereocenters. The summed E-state index contributed by atoms with van der Waals surface area (Å²) in [4.78, 5) is 21.1. The summed E-state index contributed by atoms with van der Waals surface area (Å²) in [6, 6.07) is -0.203. The highest BCUT2D eigenvalue weighted by Gasteiger charge is 2.23. The SMILES string of the molecule is CCC1CCC(C(=O)C=O)NC1. The van der Waals surface area contributed by atoms with Crippen LogP contribution < -0.4 is 5.32 Å². The van der Waals surface area contributed by atoms with Crippen molar-refractivity contribution in [1.82, 2.24) is 5.32 Å². The second-order valence-corrected chi connectivity index (χ2v) is 3.33. The van der Waals surface area contributed by atoms with Crippen LogP contribution in [0, 0.1) is 5.92 Å². The van der Waals surface area contributed by atoms with Gasteiger partial charge in [0, 0.05) is 0 Å². The average Bonchev–Trinajstić information content (AvgIpc) is 2.17.